The minimum atomic E-state index is 1.04. The first-order valence-electron chi connectivity index (χ1n) is 10.3. The Morgan fingerprint density at radius 2 is 0.700 bits per heavy atom. The summed E-state index contributed by atoms with van der Waals surface area (Å²) in [7, 11) is 0. The standard InChI is InChI=1S/C29H17N/c1-2-5-19-9-22-12-25-15-27-16-28-17-29-20(6-3-7-30-29)10-23(28)13-26(27)14-24(25)11-21(22)8-18(19)4-1/h1-17H. The second kappa shape index (κ2) is 5.77. The Morgan fingerprint density at radius 3 is 1.20 bits per heavy atom. The predicted octanol–water partition coefficient (Wildman–Crippen LogP) is 8.00. The zero-order valence-corrected chi connectivity index (χ0v) is 16.3. The van der Waals surface area contributed by atoms with Crippen LogP contribution >= 0.6 is 0 Å². The molecule has 0 amide bonds. The van der Waals surface area contributed by atoms with Crippen molar-refractivity contribution in [1.82, 2.24) is 4.98 Å². The molecule has 1 aromatic heterocycles. The van der Waals surface area contributed by atoms with Crippen LogP contribution in [-0.2, 0) is 0 Å². The van der Waals surface area contributed by atoms with Gasteiger partial charge in [-0.15, -0.1) is 0 Å². The lowest BCUT2D eigenvalue weighted by atomic mass is 9.96. The fourth-order valence-corrected chi connectivity index (χ4v) is 4.77. The molecule has 0 aliphatic heterocycles. The summed E-state index contributed by atoms with van der Waals surface area (Å²) >= 11 is 0. The van der Waals surface area contributed by atoms with E-state index in [9.17, 15) is 0 Å². The maximum absolute atomic E-state index is 4.52. The Morgan fingerprint density at radius 1 is 0.333 bits per heavy atom. The van der Waals surface area contributed by atoms with E-state index >= 15 is 0 Å². The normalized spacial score (nSPS) is 12.0. The quantitative estimate of drug-likeness (QED) is 0.243. The number of pyridine rings is 1. The minimum absolute atomic E-state index is 1.04. The second-order valence-corrected chi connectivity index (χ2v) is 8.19. The van der Waals surface area contributed by atoms with E-state index in [1.165, 1.54) is 59.2 Å². The fraction of sp³-hybridized carbons (Fsp3) is 0. The van der Waals surface area contributed by atoms with Crippen LogP contribution in [0.4, 0.5) is 0 Å². The molecule has 1 heterocycles. The van der Waals surface area contributed by atoms with Crippen molar-refractivity contribution >= 4 is 64.8 Å². The number of fused-ring (bicyclic) bond motifs is 6. The molecule has 0 saturated heterocycles. The monoisotopic (exact) mass is 379 g/mol. The third-order valence-electron chi connectivity index (χ3n) is 6.29. The Labute approximate surface area is 173 Å². The van der Waals surface area contributed by atoms with Crippen LogP contribution in [0.3, 0.4) is 0 Å². The molecule has 1 heteroatoms. The summed E-state index contributed by atoms with van der Waals surface area (Å²) in [5, 5.41) is 13.9. The molecule has 0 fully saturated rings. The molecular formula is C29H17N. The molecule has 0 unspecified atom stereocenters. The lowest BCUT2D eigenvalue weighted by Crippen LogP contribution is -1.83. The minimum Gasteiger partial charge on any atom is -0.256 e. The SMILES string of the molecule is c1ccc2cc3cc4cc5cc6cc7ncccc7cc6cc5cc4cc3cc2c1. The fourth-order valence-electron chi connectivity index (χ4n) is 4.77. The molecule has 0 atom stereocenters. The van der Waals surface area contributed by atoms with Crippen molar-refractivity contribution in [2.75, 3.05) is 0 Å². The Kier molecular flexibility index (Phi) is 3.06. The lowest BCUT2D eigenvalue weighted by Gasteiger charge is -2.09. The average molecular weight is 379 g/mol. The summed E-state index contributed by atoms with van der Waals surface area (Å²) < 4.78 is 0. The highest BCUT2D eigenvalue weighted by Gasteiger charge is 2.06. The lowest BCUT2D eigenvalue weighted by molar-refractivity contribution is 1.42. The molecule has 138 valence electrons. The average Bonchev–Trinajstić information content (AvgIpc) is 2.77. The zero-order valence-electron chi connectivity index (χ0n) is 16.3. The van der Waals surface area contributed by atoms with Crippen LogP contribution < -0.4 is 0 Å². The number of benzene rings is 6. The van der Waals surface area contributed by atoms with E-state index in [2.05, 4.69) is 96.0 Å². The van der Waals surface area contributed by atoms with Crippen LogP contribution in [0.25, 0.3) is 64.8 Å². The van der Waals surface area contributed by atoms with Gasteiger partial charge in [0.1, 0.15) is 0 Å². The maximum atomic E-state index is 4.52. The highest BCUT2D eigenvalue weighted by molar-refractivity contribution is 6.11. The highest BCUT2D eigenvalue weighted by Crippen LogP contribution is 2.32. The van der Waals surface area contributed by atoms with E-state index in [4.69, 9.17) is 0 Å². The van der Waals surface area contributed by atoms with Gasteiger partial charge in [0.15, 0.2) is 0 Å². The van der Waals surface area contributed by atoms with Gasteiger partial charge in [-0.3, -0.25) is 4.98 Å². The first-order chi connectivity index (χ1) is 14.8. The van der Waals surface area contributed by atoms with Gasteiger partial charge in [-0.05, 0) is 121 Å². The van der Waals surface area contributed by atoms with Crippen LogP contribution in [0.1, 0.15) is 0 Å². The first kappa shape index (κ1) is 15.9. The largest absolute Gasteiger partial charge is 0.256 e. The molecule has 0 aliphatic rings. The van der Waals surface area contributed by atoms with Gasteiger partial charge in [0.25, 0.3) is 0 Å². The third kappa shape index (κ3) is 2.33. The molecule has 0 N–H and O–H groups in total. The smallest absolute Gasteiger partial charge is 0.0708 e. The Balaban J connectivity index is 1.54. The van der Waals surface area contributed by atoms with E-state index in [-0.39, 0.29) is 0 Å². The van der Waals surface area contributed by atoms with E-state index < -0.39 is 0 Å². The highest BCUT2D eigenvalue weighted by atomic mass is 14.6. The molecule has 30 heavy (non-hydrogen) atoms. The summed E-state index contributed by atoms with van der Waals surface area (Å²) in [5.41, 5.74) is 1.04. The van der Waals surface area contributed by atoms with Crippen LogP contribution in [0.15, 0.2) is 103 Å². The number of nitrogens with zero attached hydrogens (tertiary/aromatic N) is 1. The van der Waals surface area contributed by atoms with Gasteiger partial charge < -0.3 is 0 Å². The van der Waals surface area contributed by atoms with E-state index in [0.717, 1.165) is 5.52 Å². The molecule has 0 radical (unpaired) electrons. The molecule has 0 aliphatic carbocycles. The Bertz CT molecular complexity index is 1530. The van der Waals surface area contributed by atoms with Gasteiger partial charge in [0, 0.05) is 11.6 Å². The van der Waals surface area contributed by atoms with Crippen LogP contribution in [0.2, 0.25) is 0 Å². The van der Waals surface area contributed by atoms with E-state index in [1.54, 1.807) is 0 Å². The van der Waals surface area contributed by atoms with Crippen molar-refractivity contribution in [1.29, 1.82) is 0 Å². The zero-order chi connectivity index (χ0) is 19.7. The molecule has 7 rings (SSSR count). The predicted molar refractivity (Wildman–Crippen MR) is 129 cm³/mol. The molecule has 0 bridgehead atoms. The van der Waals surface area contributed by atoms with Crippen molar-refractivity contribution in [2.45, 2.75) is 0 Å². The molecule has 0 spiro atoms. The summed E-state index contributed by atoms with van der Waals surface area (Å²) in [6.07, 6.45) is 1.86. The molecule has 0 saturated carbocycles. The van der Waals surface area contributed by atoms with E-state index in [1.807, 2.05) is 12.3 Å². The van der Waals surface area contributed by atoms with Crippen LogP contribution in [0, 0.1) is 0 Å². The van der Waals surface area contributed by atoms with Gasteiger partial charge in [0.05, 0.1) is 5.52 Å². The topological polar surface area (TPSA) is 12.9 Å². The Hall–Kier alpha value is -3.97. The van der Waals surface area contributed by atoms with Gasteiger partial charge in [-0.2, -0.15) is 0 Å². The molecular weight excluding hydrogens is 362 g/mol. The first-order valence-corrected chi connectivity index (χ1v) is 10.3. The van der Waals surface area contributed by atoms with Crippen molar-refractivity contribution in [2.24, 2.45) is 0 Å². The van der Waals surface area contributed by atoms with E-state index in [0.29, 0.717) is 0 Å². The molecule has 6 aromatic carbocycles. The van der Waals surface area contributed by atoms with Gasteiger partial charge in [0.2, 0.25) is 0 Å². The van der Waals surface area contributed by atoms with Crippen molar-refractivity contribution in [3.8, 4) is 0 Å². The summed E-state index contributed by atoms with van der Waals surface area (Å²) in [5.74, 6) is 0. The van der Waals surface area contributed by atoms with Crippen molar-refractivity contribution in [3.05, 3.63) is 103 Å². The van der Waals surface area contributed by atoms with Crippen molar-refractivity contribution in [3.63, 3.8) is 0 Å². The maximum Gasteiger partial charge on any atom is 0.0708 e. The number of hydrogen-bond donors (Lipinski definition) is 0. The van der Waals surface area contributed by atoms with Crippen LogP contribution in [-0.4, -0.2) is 4.98 Å². The van der Waals surface area contributed by atoms with Gasteiger partial charge in [-0.25, -0.2) is 0 Å². The van der Waals surface area contributed by atoms with Gasteiger partial charge >= 0.3 is 0 Å². The number of rotatable bonds is 0. The van der Waals surface area contributed by atoms with Crippen LogP contribution in [0.5, 0.6) is 0 Å². The number of hydrogen-bond acceptors (Lipinski definition) is 1. The molecule has 7 aromatic rings. The summed E-state index contributed by atoms with van der Waals surface area (Å²) in [6.45, 7) is 0. The second-order valence-electron chi connectivity index (χ2n) is 8.19. The van der Waals surface area contributed by atoms with Gasteiger partial charge in [-0.1, -0.05) is 30.3 Å². The van der Waals surface area contributed by atoms with Crippen molar-refractivity contribution < 1.29 is 0 Å². The molecule has 1 nitrogen and oxygen atoms in total. The summed E-state index contributed by atoms with van der Waals surface area (Å²) in [6, 6.07) is 35.6. The third-order valence-corrected chi connectivity index (χ3v) is 6.29. The summed E-state index contributed by atoms with van der Waals surface area (Å²) in [4.78, 5) is 4.52. The number of aromatic nitrogens is 1.